The second-order valence-corrected chi connectivity index (χ2v) is 44.1. The van der Waals surface area contributed by atoms with Gasteiger partial charge in [0.25, 0.3) is 39.1 Å². The van der Waals surface area contributed by atoms with Crippen LogP contribution in [-0.2, 0) is 144 Å². The van der Waals surface area contributed by atoms with Crippen LogP contribution in [0.3, 0.4) is 0 Å². The van der Waals surface area contributed by atoms with Crippen molar-refractivity contribution >= 4 is 92.3 Å². The van der Waals surface area contributed by atoms with Gasteiger partial charge in [0.2, 0.25) is 53.2 Å². The third-order valence-electron chi connectivity index (χ3n) is 25.5. The van der Waals surface area contributed by atoms with Crippen molar-refractivity contribution in [1.82, 2.24) is 46.6 Å². The number of unbranched alkanes of at least 4 members (excludes halogenated alkanes) is 9. The van der Waals surface area contributed by atoms with Gasteiger partial charge in [0.05, 0.1) is 99.1 Å². The second-order valence-electron chi connectivity index (χ2n) is 37.0. The quantitative estimate of drug-likeness (QED) is 0.0203. The van der Waals surface area contributed by atoms with Crippen LogP contribution in [0.5, 0.6) is 0 Å². The molecule has 5 unspecified atom stereocenters. The Morgan fingerprint density at radius 1 is 0.322 bits per heavy atom. The molecule has 9 amide bonds. The highest BCUT2D eigenvalue weighted by Gasteiger charge is 2.50. The van der Waals surface area contributed by atoms with E-state index in [1.807, 2.05) is 0 Å². The molecule has 0 bridgehead atoms. The number of hydrogen-bond acceptors (Lipinski definition) is 46. The Balaban J connectivity index is 0.940. The molecule has 6 aliphatic heterocycles. The van der Waals surface area contributed by atoms with Crippen molar-refractivity contribution < 1.29 is 220 Å². The average molecular weight is 2200 g/mol. The third-order valence-corrected chi connectivity index (χ3v) is 30.2. The largest absolute Gasteiger partial charge is 0.756 e. The van der Waals surface area contributed by atoms with Crippen LogP contribution in [-0.4, -0.2) is 395 Å². The maximum Gasteiger partial charge on any atom is 0.267 e. The Kier molecular flexibility index (Phi) is 59.0. The molecule has 6 saturated heterocycles. The van der Waals surface area contributed by atoms with Gasteiger partial charge in [-0.2, -0.15) is 0 Å². The van der Waals surface area contributed by atoms with Gasteiger partial charge in [0.1, 0.15) is 73.1 Å². The van der Waals surface area contributed by atoms with Gasteiger partial charge in [-0.1, -0.05) is 19.3 Å². The summed E-state index contributed by atoms with van der Waals surface area (Å²) in [7, 11) is -26.7. The molecule has 6 fully saturated rings. The number of ether oxygens (including phenoxy) is 7. The summed E-state index contributed by atoms with van der Waals surface area (Å²) in [6.45, 7) is -4.03. The summed E-state index contributed by atoms with van der Waals surface area (Å²) in [6, 6.07) is -3.35. The van der Waals surface area contributed by atoms with Gasteiger partial charge >= 0.3 is 0 Å². The lowest BCUT2D eigenvalue weighted by Gasteiger charge is -2.43. The molecule has 0 aromatic rings. The lowest BCUT2D eigenvalue weighted by Crippen LogP contribution is -2.64. The van der Waals surface area contributed by atoms with Crippen molar-refractivity contribution in [2.45, 2.75) is 293 Å². The number of hydrogen-bond donors (Lipinski definition) is 16. The van der Waals surface area contributed by atoms with Gasteiger partial charge in [-0.3, -0.25) is 66.0 Å². The highest BCUT2D eigenvalue weighted by Crippen LogP contribution is 2.50. The molecule has 0 saturated carbocycles. The van der Waals surface area contributed by atoms with Gasteiger partial charge in [-0.15, -0.1) is 0 Å². The van der Waals surface area contributed by atoms with E-state index >= 15 is 0 Å². The first-order valence-corrected chi connectivity index (χ1v) is 56.8. The molecule has 0 aliphatic carbocycles. The monoisotopic (exact) mass is 2200 g/mol. The fourth-order valence-corrected chi connectivity index (χ4v) is 20.7. The highest BCUT2D eigenvalue weighted by atomic mass is 31.2. The number of aliphatic hydroxyl groups is 10. The molecule has 0 aromatic carbocycles. The minimum absolute atomic E-state index is 0.0152. The summed E-state index contributed by atoms with van der Waals surface area (Å²) in [5, 5.41) is 117. The first kappa shape index (κ1) is 130. The standard InChI is InChI=1S/C86H158N9O46P5/c1-5-125-45-46-129-142(115,116)135-56-85(29-38-94(39-30-85)70(107)25-10-7-16-34-88-67(104)22-13-19-43-127-82-73(91-61(3)101)79(113)76(110)64(52-97)140-82)57-136-145(121,122)132-49-50-133-146(123,124)138-59-86(31-40-95(41-32-86)71(108)26-11-8-17-35-89-68(105)23-14-20-44-128-83-74(92-62(4)102)80(114)77(111)65(53-98)141-83)58-137-144(119,120)131-48-47-130-143(117,118)134-55-84(54-99)27-36-93(37-28-84)69(106)24-9-6-15-33-87-66(103)21-12-18-42-126-81-72(90-60(2)100)78(112)75(109)63(51-96)139-81/h63-65,72-83,96-99,109-114H,5-59H2,1-4H3,(H,87,103)(H,88,104)(H,89,105)(H,90,100)(H,91,101)(H,92,102)(H,115,116)(H,117,118)(H,119,120)(H,121,122)(H,123,124)/p-5/t63-,64-,65-,72-,73-,74-,75+,76+,77+,78-,79-,80-,81-,82-,83-/m1/s1. The number of likely N-dealkylation sites (tertiary alicyclic amines) is 3. The van der Waals surface area contributed by atoms with Crippen molar-refractivity contribution in [3.8, 4) is 0 Å². The number of amides is 9. The Labute approximate surface area is 848 Å². The SMILES string of the molecule is CCOCCOP(=O)([O-])OCC1(COP(=O)([O-])OCCOP(=O)([O-])OCC2(COP(=O)([O-])OCCOP(=O)([O-])OCC3(CO)CCN(C(=O)CCCCCNC(=O)CCCCO[C@@H]4O[C@H](CO)[C@H](O)[C@H](O)[C@H]4NC(C)=O)CC3)CCN(C(=O)CCCCCNC(=O)CCCCO[C@@H]3O[C@H](CO)[C@H](O)[C@H](O)[C@H]3NC(C)=O)CC2)CCN(C(=O)CCCCCNC(=O)CCCCO[C@@H]2O[C@H](CO)[C@H](O)[C@H](O)[C@H]2NC(C)=O)CC1. The number of phosphoric ester groups is 5. The van der Waals surface area contributed by atoms with E-state index in [0.29, 0.717) is 109 Å². The summed E-state index contributed by atoms with van der Waals surface area (Å²) in [5.74, 6) is -3.09. The molecular weight excluding hydrogens is 2050 g/mol. The first-order valence-electron chi connectivity index (χ1n) is 49.5. The fourth-order valence-electron chi connectivity index (χ4n) is 16.7. The Morgan fingerprint density at radius 3 is 0.801 bits per heavy atom. The van der Waals surface area contributed by atoms with Crippen LogP contribution in [0.15, 0.2) is 0 Å². The summed E-state index contributed by atoms with van der Waals surface area (Å²) in [4.78, 5) is 184. The highest BCUT2D eigenvalue weighted by molar-refractivity contribution is 7.47. The van der Waals surface area contributed by atoms with E-state index in [0.717, 1.165) is 0 Å². The smallest absolute Gasteiger partial charge is 0.267 e. The number of carbonyl (C=O) groups excluding carboxylic acids is 9. The number of piperidine rings is 3. The van der Waals surface area contributed by atoms with Crippen molar-refractivity contribution in [1.29, 1.82) is 0 Å². The zero-order valence-corrected chi connectivity index (χ0v) is 87.8. The summed E-state index contributed by atoms with van der Waals surface area (Å²) >= 11 is 0. The molecule has 6 aliphatic rings. The van der Waals surface area contributed by atoms with Gasteiger partial charge in [-0.05, 0) is 122 Å². The molecule has 60 heteroatoms. The first-order chi connectivity index (χ1) is 69.2. The average Bonchev–Trinajstić information content (AvgIpc) is 0.802. The van der Waals surface area contributed by atoms with E-state index in [4.69, 9.17) is 78.4 Å². The van der Waals surface area contributed by atoms with Crippen LogP contribution < -0.4 is 56.4 Å². The summed E-state index contributed by atoms with van der Waals surface area (Å²) in [5.41, 5.74) is -4.13. The molecule has 848 valence electrons. The molecule has 6 heterocycles. The lowest BCUT2D eigenvalue weighted by atomic mass is 9.80. The third kappa shape index (κ3) is 48.0. The fraction of sp³-hybridized carbons (Fsp3) is 0.895. The minimum atomic E-state index is -5.51. The summed E-state index contributed by atoms with van der Waals surface area (Å²) < 4.78 is 156. The van der Waals surface area contributed by atoms with E-state index < -0.39 is 258 Å². The van der Waals surface area contributed by atoms with Crippen LogP contribution >= 0.6 is 39.1 Å². The van der Waals surface area contributed by atoms with E-state index in [-0.39, 0.29) is 191 Å². The van der Waals surface area contributed by atoms with Crippen LogP contribution in [0.25, 0.3) is 0 Å². The van der Waals surface area contributed by atoms with E-state index in [1.165, 1.54) is 30.6 Å². The Hall–Kier alpha value is -4.90. The lowest BCUT2D eigenvalue weighted by molar-refractivity contribution is -0.270. The maximum atomic E-state index is 13.6. The zero-order valence-electron chi connectivity index (χ0n) is 83.3. The van der Waals surface area contributed by atoms with Crippen LogP contribution in [0, 0.1) is 16.2 Å². The maximum absolute atomic E-state index is 13.6. The van der Waals surface area contributed by atoms with Gasteiger partial charge < -0.3 is 201 Å². The number of nitrogens with one attached hydrogen (secondary N) is 6. The molecule has 0 spiro atoms. The predicted molar refractivity (Wildman–Crippen MR) is 496 cm³/mol. The molecular formula is C86H153N9O46P5-5. The van der Waals surface area contributed by atoms with Gasteiger partial charge in [0.15, 0.2) is 18.9 Å². The molecule has 146 heavy (non-hydrogen) atoms. The number of nitrogens with zero attached hydrogens (tertiary/aromatic N) is 3. The number of phosphoric acid groups is 5. The summed E-state index contributed by atoms with van der Waals surface area (Å²) in [6.07, 6.45) is -8.70. The Morgan fingerprint density at radius 2 is 0.562 bits per heavy atom. The van der Waals surface area contributed by atoms with Crippen molar-refractivity contribution in [2.24, 2.45) is 16.2 Å². The van der Waals surface area contributed by atoms with E-state index in [1.54, 1.807) is 11.8 Å². The number of rotatable bonds is 73. The molecule has 0 radical (unpaired) electrons. The van der Waals surface area contributed by atoms with Crippen LogP contribution in [0.4, 0.5) is 0 Å². The Bertz CT molecular complexity index is 4170. The van der Waals surface area contributed by atoms with Crippen molar-refractivity contribution in [2.75, 3.05) is 184 Å². The molecule has 20 atom stereocenters. The van der Waals surface area contributed by atoms with Crippen molar-refractivity contribution in [3.05, 3.63) is 0 Å². The molecule has 55 nitrogen and oxygen atoms in total. The normalized spacial score (nSPS) is 26.3. The molecule has 0 aromatic heterocycles. The molecule has 6 rings (SSSR count). The van der Waals surface area contributed by atoms with Crippen molar-refractivity contribution in [3.63, 3.8) is 0 Å². The van der Waals surface area contributed by atoms with Gasteiger partial charge in [0, 0.05) is 161 Å². The second kappa shape index (κ2) is 66.4. The number of aliphatic hydroxyl groups excluding tert-OH is 10. The van der Waals surface area contributed by atoms with Gasteiger partial charge in [-0.25, -0.2) is 0 Å². The van der Waals surface area contributed by atoms with Crippen LogP contribution in [0.2, 0.25) is 0 Å². The van der Waals surface area contributed by atoms with E-state index in [2.05, 4.69) is 31.9 Å². The zero-order chi connectivity index (χ0) is 108. The van der Waals surface area contributed by atoms with E-state index in [9.17, 15) is 142 Å². The predicted octanol–water partition coefficient (Wildman–Crippen LogP) is -4.23. The molecule has 16 N–H and O–H groups in total. The topological polar surface area (TPSA) is 795 Å². The van der Waals surface area contributed by atoms with Crippen LogP contribution in [0.1, 0.15) is 201 Å². The minimum Gasteiger partial charge on any atom is -0.756 e. The number of carbonyl (C=O) groups is 9.